The van der Waals surface area contributed by atoms with E-state index in [9.17, 15) is 9.59 Å². The summed E-state index contributed by atoms with van der Waals surface area (Å²) in [6, 6.07) is 7.80. The van der Waals surface area contributed by atoms with E-state index in [1.54, 1.807) is 4.90 Å². The molecule has 0 bridgehead atoms. The fraction of sp³-hybridized carbons (Fsp3) is 0.529. The molecule has 1 atom stereocenters. The average molecular weight is 289 g/mol. The van der Waals surface area contributed by atoms with Crippen molar-refractivity contribution < 1.29 is 14.7 Å². The number of carboxylic acids is 1. The van der Waals surface area contributed by atoms with E-state index in [1.807, 2.05) is 45.0 Å². The third kappa shape index (κ3) is 3.26. The third-order valence-corrected chi connectivity index (χ3v) is 4.36. The lowest BCUT2D eigenvalue weighted by Crippen LogP contribution is -2.46. The van der Waals surface area contributed by atoms with E-state index < -0.39 is 11.4 Å². The standard InChI is InChI=1S/C17H23NO3/c1-12-6-8-13(9-7-12)17(2,3)16(21)18-10-4-5-14(18)11-15(19)20/h6-9,14H,4-5,10-11H2,1-3H3,(H,19,20). The lowest BCUT2D eigenvalue weighted by atomic mass is 9.82. The lowest BCUT2D eigenvalue weighted by Gasteiger charge is -2.33. The molecule has 0 saturated carbocycles. The second-order valence-corrected chi connectivity index (χ2v) is 6.38. The predicted molar refractivity (Wildman–Crippen MR) is 81.2 cm³/mol. The Balaban J connectivity index is 2.20. The van der Waals surface area contributed by atoms with Crippen LogP contribution >= 0.6 is 0 Å². The fourth-order valence-electron chi connectivity index (χ4n) is 2.97. The van der Waals surface area contributed by atoms with Crippen molar-refractivity contribution in [3.05, 3.63) is 35.4 Å². The molecule has 0 radical (unpaired) electrons. The summed E-state index contributed by atoms with van der Waals surface area (Å²) in [4.78, 5) is 25.6. The maximum absolute atomic E-state index is 12.9. The number of nitrogens with zero attached hydrogens (tertiary/aromatic N) is 1. The minimum atomic E-state index is -0.840. The quantitative estimate of drug-likeness (QED) is 0.927. The van der Waals surface area contributed by atoms with Gasteiger partial charge in [-0.15, -0.1) is 0 Å². The summed E-state index contributed by atoms with van der Waals surface area (Å²) < 4.78 is 0. The van der Waals surface area contributed by atoms with Crippen molar-refractivity contribution in [2.75, 3.05) is 6.54 Å². The van der Waals surface area contributed by atoms with Crippen molar-refractivity contribution in [3.8, 4) is 0 Å². The zero-order valence-corrected chi connectivity index (χ0v) is 12.9. The van der Waals surface area contributed by atoms with E-state index in [0.717, 1.165) is 24.0 Å². The van der Waals surface area contributed by atoms with Crippen molar-refractivity contribution in [3.63, 3.8) is 0 Å². The number of carbonyl (C=O) groups is 2. The minimum Gasteiger partial charge on any atom is -0.481 e. The number of hydrogen-bond donors (Lipinski definition) is 1. The molecule has 2 rings (SSSR count). The number of aryl methyl sites for hydroxylation is 1. The van der Waals surface area contributed by atoms with Gasteiger partial charge in [-0.05, 0) is 39.2 Å². The molecule has 1 amide bonds. The Morgan fingerprint density at radius 2 is 1.90 bits per heavy atom. The molecule has 1 aliphatic heterocycles. The normalized spacial score (nSPS) is 18.8. The first-order valence-electron chi connectivity index (χ1n) is 7.42. The second-order valence-electron chi connectivity index (χ2n) is 6.38. The number of hydrogen-bond acceptors (Lipinski definition) is 2. The molecule has 4 heteroatoms. The van der Waals surface area contributed by atoms with Gasteiger partial charge in [0.05, 0.1) is 11.8 Å². The van der Waals surface area contributed by atoms with Crippen LogP contribution in [0.25, 0.3) is 0 Å². The van der Waals surface area contributed by atoms with E-state index in [1.165, 1.54) is 0 Å². The highest BCUT2D eigenvalue weighted by Crippen LogP contribution is 2.30. The van der Waals surface area contributed by atoms with Crippen LogP contribution in [0.1, 0.15) is 44.2 Å². The van der Waals surface area contributed by atoms with Gasteiger partial charge in [-0.25, -0.2) is 0 Å². The van der Waals surface area contributed by atoms with Crippen molar-refractivity contribution in [2.45, 2.75) is 51.5 Å². The average Bonchev–Trinajstić information content (AvgIpc) is 2.85. The maximum Gasteiger partial charge on any atom is 0.305 e. The summed E-state index contributed by atoms with van der Waals surface area (Å²) >= 11 is 0. The van der Waals surface area contributed by atoms with Gasteiger partial charge in [0.1, 0.15) is 0 Å². The lowest BCUT2D eigenvalue weighted by molar-refractivity contribution is -0.141. The molecule has 1 aromatic carbocycles. The molecular weight excluding hydrogens is 266 g/mol. The number of likely N-dealkylation sites (tertiary alicyclic amines) is 1. The topological polar surface area (TPSA) is 57.6 Å². The highest BCUT2D eigenvalue weighted by molar-refractivity contribution is 5.88. The largest absolute Gasteiger partial charge is 0.481 e. The molecule has 114 valence electrons. The smallest absolute Gasteiger partial charge is 0.305 e. The van der Waals surface area contributed by atoms with Gasteiger partial charge >= 0.3 is 5.97 Å². The van der Waals surface area contributed by atoms with Crippen LogP contribution in [-0.4, -0.2) is 34.5 Å². The van der Waals surface area contributed by atoms with Gasteiger partial charge in [0.25, 0.3) is 0 Å². The van der Waals surface area contributed by atoms with E-state index in [0.29, 0.717) is 6.54 Å². The third-order valence-electron chi connectivity index (χ3n) is 4.36. The first kappa shape index (κ1) is 15.5. The van der Waals surface area contributed by atoms with Crippen molar-refractivity contribution in [1.29, 1.82) is 0 Å². The van der Waals surface area contributed by atoms with Gasteiger partial charge in [0.2, 0.25) is 5.91 Å². The monoisotopic (exact) mass is 289 g/mol. The number of rotatable bonds is 4. The summed E-state index contributed by atoms with van der Waals surface area (Å²) in [5.41, 5.74) is 1.50. The first-order valence-corrected chi connectivity index (χ1v) is 7.42. The summed E-state index contributed by atoms with van der Waals surface area (Å²) in [5, 5.41) is 8.99. The van der Waals surface area contributed by atoms with Crippen molar-refractivity contribution in [1.82, 2.24) is 4.90 Å². The molecule has 1 aromatic rings. The van der Waals surface area contributed by atoms with Crippen molar-refractivity contribution >= 4 is 11.9 Å². The molecule has 1 saturated heterocycles. The molecule has 1 unspecified atom stereocenters. The van der Waals surface area contributed by atoms with Gasteiger partial charge in [0, 0.05) is 12.6 Å². The summed E-state index contributed by atoms with van der Waals surface area (Å²) in [6.45, 7) is 6.50. The summed E-state index contributed by atoms with van der Waals surface area (Å²) in [5.74, 6) is -0.817. The molecule has 1 fully saturated rings. The Morgan fingerprint density at radius 3 is 2.48 bits per heavy atom. The van der Waals surface area contributed by atoms with Crippen LogP contribution in [0.3, 0.4) is 0 Å². The second kappa shape index (κ2) is 5.88. The Labute approximate surface area is 125 Å². The predicted octanol–water partition coefficient (Wildman–Crippen LogP) is 2.74. The minimum absolute atomic E-state index is 0.0232. The van der Waals surface area contributed by atoms with Crippen LogP contribution in [0.5, 0.6) is 0 Å². The maximum atomic E-state index is 12.9. The first-order chi connectivity index (χ1) is 9.82. The van der Waals surface area contributed by atoms with Crippen LogP contribution in [-0.2, 0) is 15.0 Å². The molecule has 4 nitrogen and oxygen atoms in total. The molecule has 1 aliphatic rings. The van der Waals surface area contributed by atoms with Gasteiger partial charge in [-0.3, -0.25) is 9.59 Å². The van der Waals surface area contributed by atoms with Gasteiger partial charge in [-0.2, -0.15) is 0 Å². The fourth-order valence-corrected chi connectivity index (χ4v) is 2.97. The number of carboxylic acid groups (broad SMARTS) is 1. The van der Waals surface area contributed by atoms with E-state index in [-0.39, 0.29) is 18.4 Å². The SMILES string of the molecule is Cc1ccc(C(C)(C)C(=O)N2CCCC2CC(=O)O)cc1. The van der Waals surface area contributed by atoms with Crippen LogP contribution in [0, 0.1) is 6.92 Å². The summed E-state index contributed by atoms with van der Waals surface area (Å²) in [7, 11) is 0. The molecule has 21 heavy (non-hydrogen) atoms. The molecule has 0 aliphatic carbocycles. The molecule has 1 heterocycles. The Kier molecular flexibility index (Phi) is 4.35. The van der Waals surface area contributed by atoms with Crippen molar-refractivity contribution in [2.24, 2.45) is 0 Å². The Bertz CT molecular complexity index is 533. The molecule has 0 aromatic heterocycles. The molecular formula is C17H23NO3. The van der Waals surface area contributed by atoms with Crippen LogP contribution in [0.2, 0.25) is 0 Å². The zero-order valence-electron chi connectivity index (χ0n) is 12.9. The number of carbonyl (C=O) groups excluding carboxylic acids is 1. The number of amides is 1. The van der Waals surface area contributed by atoms with Gasteiger partial charge < -0.3 is 10.0 Å². The zero-order chi connectivity index (χ0) is 15.6. The number of benzene rings is 1. The summed E-state index contributed by atoms with van der Waals surface area (Å²) in [6.07, 6.45) is 1.70. The number of aliphatic carboxylic acids is 1. The molecule has 1 N–H and O–H groups in total. The van der Waals surface area contributed by atoms with Crippen LogP contribution in [0.4, 0.5) is 0 Å². The van der Waals surface area contributed by atoms with Gasteiger partial charge in [0.15, 0.2) is 0 Å². The Morgan fingerprint density at radius 1 is 1.29 bits per heavy atom. The Hall–Kier alpha value is -1.84. The molecule has 0 spiro atoms. The van der Waals surface area contributed by atoms with Gasteiger partial charge in [-0.1, -0.05) is 29.8 Å². The van der Waals surface area contributed by atoms with Crippen LogP contribution < -0.4 is 0 Å². The van der Waals surface area contributed by atoms with E-state index in [4.69, 9.17) is 5.11 Å². The highest BCUT2D eigenvalue weighted by Gasteiger charge is 2.39. The van der Waals surface area contributed by atoms with E-state index >= 15 is 0 Å². The van der Waals surface area contributed by atoms with Crippen LogP contribution in [0.15, 0.2) is 24.3 Å². The van der Waals surface area contributed by atoms with E-state index in [2.05, 4.69) is 0 Å². The highest BCUT2D eigenvalue weighted by atomic mass is 16.4.